The first kappa shape index (κ1) is 20.2. The number of hydrogen-bond donors (Lipinski definition) is 2. The highest BCUT2D eigenvalue weighted by Crippen LogP contribution is 2.24. The standard InChI is InChI=1S/C20H19N3O5S/c1-27-17-10-14(11-18(12-17)28-2)20(24)22-15-5-7-19(8-6-15)29(25,26)23-16-4-3-9-21-13-16/h3-13,23H,1-2H3,(H,22,24). The van der Waals surface area contributed by atoms with Gasteiger partial charge in [0.1, 0.15) is 11.5 Å². The fourth-order valence-electron chi connectivity index (χ4n) is 2.50. The second kappa shape index (κ2) is 8.61. The van der Waals surface area contributed by atoms with E-state index in [4.69, 9.17) is 9.47 Å². The number of nitrogens with zero attached hydrogens (tertiary/aromatic N) is 1. The zero-order chi connectivity index (χ0) is 20.9. The molecule has 8 nitrogen and oxygen atoms in total. The largest absolute Gasteiger partial charge is 0.497 e. The van der Waals surface area contributed by atoms with Crippen LogP contribution in [-0.2, 0) is 10.0 Å². The number of aromatic nitrogens is 1. The SMILES string of the molecule is COc1cc(OC)cc(C(=O)Nc2ccc(S(=O)(=O)Nc3cccnc3)cc2)c1. The molecular formula is C20H19N3O5S. The molecule has 9 heteroatoms. The van der Waals surface area contributed by atoms with Crippen molar-refractivity contribution in [2.45, 2.75) is 4.90 Å². The van der Waals surface area contributed by atoms with Gasteiger partial charge in [-0.05, 0) is 48.5 Å². The van der Waals surface area contributed by atoms with Crippen LogP contribution in [0, 0.1) is 0 Å². The number of carbonyl (C=O) groups is 1. The summed E-state index contributed by atoms with van der Waals surface area (Å²) in [6, 6.07) is 13.9. The van der Waals surface area contributed by atoms with Crippen LogP contribution < -0.4 is 19.5 Å². The van der Waals surface area contributed by atoms with Crippen LogP contribution in [0.2, 0.25) is 0 Å². The predicted molar refractivity (Wildman–Crippen MR) is 109 cm³/mol. The summed E-state index contributed by atoms with van der Waals surface area (Å²) in [5.74, 6) is 0.584. The monoisotopic (exact) mass is 413 g/mol. The summed E-state index contributed by atoms with van der Waals surface area (Å²) < 4.78 is 37.7. The number of carbonyl (C=O) groups excluding carboxylic acids is 1. The number of anilines is 2. The topological polar surface area (TPSA) is 107 Å². The molecule has 0 aliphatic heterocycles. The highest BCUT2D eigenvalue weighted by molar-refractivity contribution is 7.92. The third-order valence-corrected chi connectivity index (χ3v) is 5.35. The zero-order valence-electron chi connectivity index (χ0n) is 15.7. The summed E-state index contributed by atoms with van der Waals surface area (Å²) in [5, 5.41) is 2.71. The smallest absolute Gasteiger partial charge is 0.261 e. The maximum Gasteiger partial charge on any atom is 0.261 e. The van der Waals surface area contributed by atoms with Crippen molar-refractivity contribution in [3.8, 4) is 11.5 Å². The molecule has 0 aliphatic carbocycles. The normalized spacial score (nSPS) is 10.8. The second-order valence-corrected chi connectivity index (χ2v) is 7.61. The highest BCUT2D eigenvalue weighted by Gasteiger charge is 2.15. The minimum atomic E-state index is -3.76. The molecule has 2 aromatic carbocycles. The summed E-state index contributed by atoms with van der Waals surface area (Å²) in [6.07, 6.45) is 2.96. The molecule has 0 fully saturated rings. The lowest BCUT2D eigenvalue weighted by atomic mass is 10.2. The van der Waals surface area contributed by atoms with Gasteiger partial charge in [0.05, 0.1) is 31.0 Å². The summed E-state index contributed by atoms with van der Waals surface area (Å²) in [6.45, 7) is 0. The lowest BCUT2D eigenvalue weighted by molar-refractivity contribution is 0.102. The van der Waals surface area contributed by atoms with Crippen LogP contribution in [0.25, 0.3) is 0 Å². The number of sulfonamides is 1. The van der Waals surface area contributed by atoms with Crippen LogP contribution in [0.5, 0.6) is 11.5 Å². The molecule has 2 N–H and O–H groups in total. The van der Waals surface area contributed by atoms with Crippen molar-refractivity contribution in [3.05, 3.63) is 72.6 Å². The molecule has 1 aromatic heterocycles. The number of methoxy groups -OCH3 is 2. The van der Waals surface area contributed by atoms with E-state index in [0.717, 1.165) is 0 Å². The first-order valence-electron chi connectivity index (χ1n) is 8.48. The summed E-state index contributed by atoms with van der Waals surface area (Å²) >= 11 is 0. The van der Waals surface area contributed by atoms with Crippen LogP contribution in [0.4, 0.5) is 11.4 Å². The third-order valence-electron chi connectivity index (χ3n) is 3.95. The van der Waals surface area contributed by atoms with E-state index in [0.29, 0.717) is 28.4 Å². The Morgan fingerprint density at radius 2 is 1.59 bits per heavy atom. The summed E-state index contributed by atoms with van der Waals surface area (Å²) in [7, 11) is -0.774. The van der Waals surface area contributed by atoms with Crippen molar-refractivity contribution in [2.24, 2.45) is 0 Å². The highest BCUT2D eigenvalue weighted by atomic mass is 32.2. The van der Waals surface area contributed by atoms with E-state index in [1.807, 2.05) is 0 Å². The van der Waals surface area contributed by atoms with Crippen molar-refractivity contribution >= 4 is 27.3 Å². The second-order valence-electron chi connectivity index (χ2n) is 5.93. The maximum absolute atomic E-state index is 12.5. The number of ether oxygens (including phenoxy) is 2. The minimum absolute atomic E-state index is 0.0578. The third kappa shape index (κ3) is 5.02. The molecule has 1 amide bonds. The number of amides is 1. The van der Waals surface area contributed by atoms with Crippen LogP contribution in [0.1, 0.15) is 10.4 Å². The van der Waals surface area contributed by atoms with Gasteiger partial charge < -0.3 is 14.8 Å². The average Bonchev–Trinajstić information content (AvgIpc) is 2.74. The quantitative estimate of drug-likeness (QED) is 0.616. The molecule has 150 valence electrons. The summed E-state index contributed by atoms with van der Waals surface area (Å²) in [4.78, 5) is 16.4. The molecule has 0 aliphatic rings. The lowest BCUT2D eigenvalue weighted by Crippen LogP contribution is -2.14. The van der Waals surface area contributed by atoms with E-state index in [1.165, 1.54) is 44.7 Å². The molecule has 0 unspecified atom stereocenters. The van der Waals surface area contributed by atoms with Gasteiger partial charge in [0.15, 0.2) is 0 Å². The van der Waals surface area contributed by atoms with E-state index < -0.39 is 10.0 Å². The molecule has 0 spiro atoms. The Labute approximate surface area is 168 Å². The van der Waals surface area contributed by atoms with Gasteiger partial charge in [0.2, 0.25) is 0 Å². The van der Waals surface area contributed by atoms with Crippen molar-refractivity contribution in [1.29, 1.82) is 0 Å². The van der Waals surface area contributed by atoms with Gasteiger partial charge in [-0.25, -0.2) is 8.42 Å². The molecule has 0 atom stereocenters. The fraction of sp³-hybridized carbons (Fsp3) is 0.100. The predicted octanol–water partition coefficient (Wildman–Crippen LogP) is 3.15. The number of benzene rings is 2. The minimum Gasteiger partial charge on any atom is -0.497 e. The van der Waals surface area contributed by atoms with Crippen molar-refractivity contribution in [1.82, 2.24) is 4.98 Å². The molecule has 3 rings (SSSR count). The van der Waals surface area contributed by atoms with Crippen LogP contribution >= 0.6 is 0 Å². The Hall–Kier alpha value is -3.59. The van der Waals surface area contributed by atoms with Gasteiger partial charge >= 0.3 is 0 Å². The molecule has 29 heavy (non-hydrogen) atoms. The van der Waals surface area contributed by atoms with Crippen LogP contribution in [0.3, 0.4) is 0 Å². The lowest BCUT2D eigenvalue weighted by Gasteiger charge is -2.10. The Balaban J connectivity index is 1.74. The molecule has 1 heterocycles. The maximum atomic E-state index is 12.5. The van der Waals surface area contributed by atoms with Gasteiger partial charge in [-0.1, -0.05) is 0 Å². The van der Waals surface area contributed by atoms with Gasteiger partial charge in [-0.15, -0.1) is 0 Å². The Kier molecular flexibility index (Phi) is 5.99. The van der Waals surface area contributed by atoms with E-state index in [2.05, 4.69) is 15.0 Å². The van der Waals surface area contributed by atoms with Gasteiger partial charge in [0, 0.05) is 23.5 Å². The molecule has 0 radical (unpaired) electrons. The Morgan fingerprint density at radius 1 is 0.931 bits per heavy atom. The average molecular weight is 413 g/mol. The van der Waals surface area contributed by atoms with E-state index in [1.54, 1.807) is 36.5 Å². The van der Waals surface area contributed by atoms with Gasteiger partial charge in [0.25, 0.3) is 15.9 Å². The number of rotatable bonds is 7. The van der Waals surface area contributed by atoms with Crippen molar-refractivity contribution < 1.29 is 22.7 Å². The molecule has 0 bridgehead atoms. The zero-order valence-corrected chi connectivity index (χ0v) is 16.6. The van der Waals surface area contributed by atoms with Gasteiger partial charge in [-0.3, -0.25) is 14.5 Å². The Morgan fingerprint density at radius 3 is 2.14 bits per heavy atom. The molecule has 0 saturated heterocycles. The van der Waals surface area contributed by atoms with Crippen molar-refractivity contribution in [2.75, 3.05) is 24.3 Å². The number of hydrogen-bond acceptors (Lipinski definition) is 6. The molecule has 3 aromatic rings. The van der Waals surface area contributed by atoms with E-state index in [-0.39, 0.29) is 10.8 Å². The Bertz CT molecular complexity index is 1080. The first-order chi connectivity index (χ1) is 13.9. The van der Waals surface area contributed by atoms with Crippen LogP contribution in [0.15, 0.2) is 71.9 Å². The van der Waals surface area contributed by atoms with Crippen LogP contribution in [-0.4, -0.2) is 33.5 Å². The fourth-order valence-corrected chi connectivity index (χ4v) is 3.54. The molecular weight excluding hydrogens is 394 g/mol. The number of nitrogens with one attached hydrogen (secondary N) is 2. The molecule has 0 saturated carbocycles. The van der Waals surface area contributed by atoms with E-state index >= 15 is 0 Å². The summed E-state index contributed by atoms with van der Waals surface area (Å²) in [5.41, 5.74) is 1.14. The first-order valence-corrected chi connectivity index (χ1v) is 9.97. The van der Waals surface area contributed by atoms with Crippen molar-refractivity contribution in [3.63, 3.8) is 0 Å². The van der Waals surface area contributed by atoms with E-state index in [9.17, 15) is 13.2 Å². The van der Waals surface area contributed by atoms with Gasteiger partial charge in [-0.2, -0.15) is 0 Å². The number of pyridine rings is 1.